The summed E-state index contributed by atoms with van der Waals surface area (Å²) in [6.45, 7) is 10.6. The number of benzene rings is 1. The predicted molar refractivity (Wildman–Crippen MR) is 65.9 cm³/mol. The minimum atomic E-state index is 1.24. The first kappa shape index (κ1) is 13.2. The van der Waals surface area contributed by atoms with Crippen LogP contribution in [0.5, 0.6) is 0 Å². The van der Waals surface area contributed by atoms with Crippen molar-refractivity contribution in [2.75, 3.05) is 0 Å². The maximum atomic E-state index is 2.31. The van der Waals surface area contributed by atoms with Gasteiger partial charge in [-0.1, -0.05) is 51.0 Å². The van der Waals surface area contributed by atoms with Gasteiger partial charge in [0.05, 0.1) is 0 Å². The van der Waals surface area contributed by atoms with E-state index in [1.54, 1.807) is 0 Å². The van der Waals surface area contributed by atoms with Gasteiger partial charge in [0.15, 0.2) is 0 Å². The molecular formula is C14H24. The van der Waals surface area contributed by atoms with Crippen LogP contribution in [-0.2, 0) is 6.42 Å². The van der Waals surface area contributed by atoms with Gasteiger partial charge < -0.3 is 0 Å². The smallest absolute Gasteiger partial charge is 0.0276 e. The molecule has 0 saturated carbocycles. The first-order valence-corrected chi connectivity index (χ1v) is 5.80. The highest BCUT2D eigenvalue weighted by Gasteiger charge is 1.96. The van der Waals surface area contributed by atoms with Gasteiger partial charge in [0.2, 0.25) is 0 Å². The van der Waals surface area contributed by atoms with Crippen LogP contribution in [0.15, 0.2) is 18.2 Å². The summed E-state index contributed by atoms with van der Waals surface area (Å²) in [7, 11) is 0. The zero-order valence-electron chi connectivity index (χ0n) is 10.4. The zero-order valence-corrected chi connectivity index (χ0v) is 10.4. The monoisotopic (exact) mass is 192 g/mol. The molecule has 0 aromatic heterocycles. The first-order valence-electron chi connectivity index (χ1n) is 5.80. The summed E-state index contributed by atoms with van der Waals surface area (Å²) in [4.78, 5) is 0. The predicted octanol–water partition coefficient (Wildman–Crippen LogP) is 4.67. The van der Waals surface area contributed by atoms with E-state index < -0.39 is 0 Å². The maximum Gasteiger partial charge on any atom is -0.0276 e. The summed E-state index contributed by atoms with van der Waals surface area (Å²) < 4.78 is 0. The highest BCUT2D eigenvalue weighted by atomic mass is 14.0. The van der Waals surface area contributed by atoms with E-state index in [-0.39, 0.29) is 0 Å². The molecule has 0 aliphatic heterocycles. The summed E-state index contributed by atoms with van der Waals surface area (Å²) in [6, 6.07) is 6.72. The van der Waals surface area contributed by atoms with Crippen molar-refractivity contribution < 1.29 is 0 Å². The molecule has 0 N–H and O–H groups in total. The molecule has 0 aliphatic carbocycles. The van der Waals surface area contributed by atoms with Gasteiger partial charge in [-0.15, -0.1) is 0 Å². The van der Waals surface area contributed by atoms with E-state index in [0.717, 1.165) is 0 Å². The molecule has 0 spiro atoms. The number of unbranched alkanes of at least 4 members (excludes halogenated alkanes) is 1. The molecule has 1 aromatic rings. The molecule has 0 amide bonds. The average Bonchev–Trinajstić information content (AvgIpc) is 2.22. The van der Waals surface area contributed by atoms with Crippen molar-refractivity contribution in [1.82, 2.24) is 0 Å². The first-order chi connectivity index (χ1) is 6.74. The summed E-state index contributed by atoms with van der Waals surface area (Å²) in [6.07, 6.45) is 3.84. The lowest BCUT2D eigenvalue weighted by atomic mass is 10.0. The van der Waals surface area contributed by atoms with Gasteiger partial charge in [0.25, 0.3) is 0 Å². The van der Waals surface area contributed by atoms with Crippen molar-refractivity contribution in [2.24, 2.45) is 0 Å². The molecule has 0 saturated heterocycles. The molecule has 0 unspecified atom stereocenters. The number of hydrogen-bond donors (Lipinski definition) is 0. The SMILES string of the molecule is CC.CCCCc1cc(C)ccc1C. The Morgan fingerprint density at radius 3 is 2.29 bits per heavy atom. The highest BCUT2D eigenvalue weighted by Crippen LogP contribution is 2.13. The third-order valence-corrected chi connectivity index (χ3v) is 2.30. The van der Waals surface area contributed by atoms with Gasteiger partial charge in [0.1, 0.15) is 0 Å². The van der Waals surface area contributed by atoms with Crippen LogP contribution in [0.4, 0.5) is 0 Å². The van der Waals surface area contributed by atoms with Gasteiger partial charge in [-0.25, -0.2) is 0 Å². The van der Waals surface area contributed by atoms with Crippen LogP contribution >= 0.6 is 0 Å². The van der Waals surface area contributed by atoms with Crippen molar-refractivity contribution in [1.29, 1.82) is 0 Å². The Morgan fingerprint density at radius 1 is 1.07 bits per heavy atom. The molecule has 0 bridgehead atoms. The summed E-state index contributed by atoms with van der Waals surface area (Å²) in [5, 5.41) is 0. The van der Waals surface area contributed by atoms with E-state index in [2.05, 4.69) is 39.0 Å². The zero-order chi connectivity index (χ0) is 11.0. The lowest BCUT2D eigenvalue weighted by molar-refractivity contribution is 0.790. The molecule has 1 rings (SSSR count). The van der Waals surface area contributed by atoms with Crippen molar-refractivity contribution >= 4 is 0 Å². The van der Waals surface area contributed by atoms with E-state index in [4.69, 9.17) is 0 Å². The fourth-order valence-electron chi connectivity index (χ4n) is 1.44. The van der Waals surface area contributed by atoms with Gasteiger partial charge in [-0.3, -0.25) is 0 Å². The Balaban J connectivity index is 0.000000791. The van der Waals surface area contributed by atoms with Crippen LogP contribution in [0.3, 0.4) is 0 Å². The molecule has 1 aromatic carbocycles. The molecule has 0 fully saturated rings. The van der Waals surface area contributed by atoms with Crippen LogP contribution in [0.1, 0.15) is 50.3 Å². The van der Waals surface area contributed by atoms with E-state index in [1.165, 1.54) is 36.0 Å². The Bertz CT molecular complexity index is 248. The van der Waals surface area contributed by atoms with Gasteiger partial charge in [-0.2, -0.15) is 0 Å². The number of hydrogen-bond acceptors (Lipinski definition) is 0. The van der Waals surface area contributed by atoms with Crippen molar-refractivity contribution in [2.45, 2.75) is 53.9 Å². The second-order valence-corrected chi connectivity index (χ2v) is 3.53. The lowest BCUT2D eigenvalue weighted by Gasteiger charge is -2.05. The third kappa shape index (κ3) is 4.45. The van der Waals surface area contributed by atoms with Crippen LogP contribution in [0, 0.1) is 13.8 Å². The number of rotatable bonds is 3. The normalized spacial score (nSPS) is 9.21. The molecular weight excluding hydrogens is 168 g/mol. The standard InChI is InChI=1S/C12H18.C2H6/c1-4-5-6-12-9-10(2)7-8-11(12)3;1-2/h7-9H,4-6H2,1-3H3;1-2H3. The molecule has 0 heterocycles. The second-order valence-electron chi connectivity index (χ2n) is 3.53. The van der Waals surface area contributed by atoms with E-state index >= 15 is 0 Å². The highest BCUT2D eigenvalue weighted by molar-refractivity contribution is 5.30. The van der Waals surface area contributed by atoms with E-state index in [1.807, 2.05) is 13.8 Å². The molecule has 80 valence electrons. The fourth-order valence-corrected chi connectivity index (χ4v) is 1.44. The third-order valence-electron chi connectivity index (χ3n) is 2.30. The van der Waals surface area contributed by atoms with Crippen molar-refractivity contribution in [3.63, 3.8) is 0 Å². The minimum absolute atomic E-state index is 1.24. The summed E-state index contributed by atoms with van der Waals surface area (Å²) in [5.74, 6) is 0. The molecule has 14 heavy (non-hydrogen) atoms. The van der Waals surface area contributed by atoms with Crippen LogP contribution < -0.4 is 0 Å². The number of aryl methyl sites for hydroxylation is 3. The molecule has 0 heteroatoms. The van der Waals surface area contributed by atoms with Crippen LogP contribution in [0.2, 0.25) is 0 Å². The minimum Gasteiger partial charge on any atom is -0.0683 e. The largest absolute Gasteiger partial charge is 0.0683 e. The van der Waals surface area contributed by atoms with Crippen LogP contribution in [0.25, 0.3) is 0 Å². The Kier molecular flexibility index (Phi) is 7.18. The van der Waals surface area contributed by atoms with Crippen molar-refractivity contribution in [3.05, 3.63) is 34.9 Å². The summed E-state index contributed by atoms with van der Waals surface area (Å²) in [5.41, 5.74) is 4.35. The Labute approximate surface area is 89.4 Å². The van der Waals surface area contributed by atoms with E-state index in [0.29, 0.717) is 0 Å². The fraction of sp³-hybridized carbons (Fsp3) is 0.571. The van der Waals surface area contributed by atoms with Crippen molar-refractivity contribution in [3.8, 4) is 0 Å². The van der Waals surface area contributed by atoms with E-state index in [9.17, 15) is 0 Å². The maximum absolute atomic E-state index is 2.31. The second kappa shape index (κ2) is 7.61. The van der Waals surface area contributed by atoms with Gasteiger partial charge in [-0.05, 0) is 37.8 Å². The van der Waals surface area contributed by atoms with Gasteiger partial charge >= 0.3 is 0 Å². The Morgan fingerprint density at radius 2 is 1.71 bits per heavy atom. The Hall–Kier alpha value is -0.780. The molecule has 0 atom stereocenters. The topological polar surface area (TPSA) is 0 Å². The average molecular weight is 192 g/mol. The lowest BCUT2D eigenvalue weighted by Crippen LogP contribution is -1.89. The molecule has 0 radical (unpaired) electrons. The van der Waals surface area contributed by atoms with Crippen LogP contribution in [-0.4, -0.2) is 0 Å². The molecule has 0 nitrogen and oxygen atoms in total. The quantitative estimate of drug-likeness (QED) is 0.652. The van der Waals surface area contributed by atoms with Gasteiger partial charge in [0, 0.05) is 0 Å². The molecule has 0 aliphatic rings. The summed E-state index contributed by atoms with van der Waals surface area (Å²) >= 11 is 0.